The van der Waals surface area contributed by atoms with E-state index in [9.17, 15) is 0 Å². The number of aromatic nitrogens is 4. The van der Waals surface area contributed by atoms with E-state index in [-0.39, 0.29) is 0 Å². The van der Waals surface area contributed by atoms with E-state index in [0.29, 0.717) is 40.6 Å². The van der Waals surface area contributed by atoms with Crippen molar-refractivity contribution in [2.24, 2.45) is 0 Å². The summed E-state index contributed by atoms with van der Waals surface area (Å²) in [4.78, 5) is 8.92. The lowest BCUT2D eigenvalue weighted by molar-refractivity contribution is 0.182. The molecular formula is C16H19N5O3S. The summed E-state index contributed by atoms with van der Waals surface area (Å²) in [5.41, 5.74) is 8.64. The Morgan fingerprint density at radius 1 is 1.12 bits per heavy atom. The summed E-state index contributed by atoms with van der Waals surface area (Å²) in [5.74, 6) is 2.12. The van der Waals surface area contributed by atoms with Crippen LogP contribution in [-0.2, 0) is 11.3 Å². The fourth-order valence-corrected chi connectivity index (χ4v) is 2.92. The summed E-state index contributed by atoms with van der Waals surface area (Å²) < 4.78 is 17.5. The number of hydrogen-bond donors (Lipinski definition) is 1. The van der Waals surface area contributed by atoms with Gasteiger partial charge in [0.15, 0.2) is 11.5 Å². The van der Waals surface area contributed by atoms with Gasteiger partial charge >= 0.3 is 0 Å². The first-order valence-electron chi connectivity index (χ1n) is 7.43. The number of nitrogens with two attached hydrogens (primary N) is 1. The van der Waals surface area contributed by atoms with Crippen LogP contribution in [0.5, 0.6) is 11.5 Å². The van der Waals surface area contributed by atoms with E-state index in [2.05, 4.69) is 15.1 Å². The Balaban J connectivity index is 2.26. The zero-order valence-corrected chi connectivity index (χ0v) is 15.3. The van der Waals surface area contributed by atoms with Crippen LogP contribution in [0.3, 0.4) is 0 Å². The third-order valence-corrected chi connectivity index (χ3v) is 4.25. The van der Waals surface area contributed by atoms with Crippen LogP contribution in [0.2, 0.25) is 0 Å². The molecule has 0 atom stereocenters. The third kappa shape index (κ3) is 3.08. The van der Waals surface area contributed by atoms with Crippen LogP contribution in [0.1, 0.15) is 5.69 Å². The summed E-state index contributed by atoms with van der Waals surface area (Å²) >= 11 is 1.43. The van der Waals surface area contributed by atoms with E-state index >= 15 is 0 Å². The van der Waals surface area contributed by atoms with Crippen molar-refractivity contribution in [3.63, 3.8) is 0 Å². The Hall–Kier alpha value is -2.52. The molecule has 0 bridgehead atoms. The van der Waals surface area contributed by atoms with E-state index in [1.54, 1.807) is 21.3 Å². The molecular weight excluding hydrogens is 342 g/mol. The predicted octanol–water partition coefficient (Wildman–Crippen LogP) is 2.26. The molecule has 9 heteroatoms. The molecule has 3 aromatic rings. The van der Waals surface area contributed by atoms with Crippen LogP contribution in [0.25, 0.3) is 16.9 Å². The Labute approximate surface area is 149 Å². The van der Waals surface area contributed by atoms with Gasteiger partial charge in [-0.1, -0.05) is 17.8 Å². The maximum Gasteiger partial charge on any atom is 0.255 e. The molecule has 1 aromatic carbocycles. The number of hydrogen-bond acceptors (Lipinski definition) is 8. The molecule has 132 valence electrons. The smallest absolute Gasteiger partial charge is 0.255 e. The van der Waals surface area contributed by atoms with Crippen LogP contribution in [0, 0.1) is 0 Å². The topological polar surface area (TPSA) is 96.8 Å². The van der Waals surface area contributed by atoms with Gasteiger partial charge in [0.1, 0.15) is 5.82 Å². The first-order chi connectivity index (χ1) is 12.1. The summed E-state index contributed by atoms with van der Waals surface area (Å²) in [6.45, 7) is 0.297. The number of thioether (sulfide) groups is 1. The standard InChI is InChI=1S/C16H19N5O3S/c1-22-8-10-13(9-5-6-11(23-2)12(7-9)24-3)14(17)21-15(18-10)19-16(20-21)25-4/h5-7H,8,17H2,1-4H3. The molecule has 2 heterocycles. The van der Waals surface area contributed by atoms with Crippen LogP contribution in [0.4, 0.5) is 5.82 Å². The van der Waals surface area contributed by atoms with Gasteiger partial charge in [-0.25, -0.2) is 4.98 Å². The highest BCUT2D eigenvalue weighted by Gasteiger charge is 2.19. The molecule has 0 spiro atoms. The van der Waals surface area contributed by atoms with Crippen molar-refractivity contribution < 1.29 is 14.2 Å². The van der Waals surface area contributed by atoms with Crippen molar-refractivity contribution in [1.82, 2.24) is 19.6 Å². The lowest BCUT2D eigenvalue weighted by Gasteiger charge is -2.14. The second kappa shape index (κ2) is 7.16. The normalized spacial score (nSPS) is 11.0. The van der Waals surface area contributed by atoms with Gasteiger partial charge < -0.3 is 19.9 Å². The fraction of sp³-hybridized carbons (Fsp3) is 0.312. The molecule has 2 N–H and O–H groups in total. The zero-order chi connectivity index (χ0) is 18.0. The molecule has 0 saturated carbocycles. The third-order valence-electron chi connectivity index (χ3n) is 3.71. The molecule has 2 aromatic heterocycles. The van der Waals surface area contributed by atoms with Crippen molar-refractivity contribution in [2.75, 3.05) is 33.3 Å². The maximum absolute atomic E-state index is 6.40. The van der Waals surface area contributed by atoms with Gasteiger partial charge in [-0.2, -0.15) is 9.50 Å². The van der Waals surface area contributed by atoms with Gasteiger partial charge in [-0.15, -0.1) is 5.10 Å². The quantitative estimate of drug-likeness (QED) is 0.668. The van der Waals surface area contributed by atoms with Crippen LogP contribution in [0.15, 0.2) is 23.4 Å². The summed E-state index contributed by atoms with van der Waals surface area (Å²) in [5, 5.41) is 4.98. The van der Waals surface area contributed by atoms with Crippen LogP contribution >= 0.6 is 11.8 Å². The summed E-state index contributed by atoms with van der Waals surface area (Å²) in [7, 11) is 4.79. The number of rotatable bonds is 6. The molecule has 0 fully saturated rings. The highest BCUT2D eigenvalue weighted by Crippen LogP contribution is 2.36. The molecule has 0 unspecified atom stereocenters. The molecule has 0 amide bonds. The van der Waals surface area contributed by atoms with E-state index in [1.807, 2.05) is 24.5 Å². The molecule has 0 aliphatic rings. The Kier molecular flexibility index (Phi) is 4.95. The Bertz CT molecular complexity index is 912. The van der Waals surface area contributed by atoms with Crippen molar-refractivity contribution >= 4 is 23.4 Å². The molecule has 25 heavy (non-hydrogen) atoms. The first kappa shape index (κ1) is 17.3. The number of methoxy groups -OCH3 is 3. The van der Waals surface area contributed by atoms with Gasteiger partial charge in [0, 0.05) is 12.7 Å². The number of nitrogens with zero attached hydrogens (tertiary/aromatic N) is 4. The van der Waals surface area contributed by atoms with Gasteiger partial charge in [-0.05, 0) is 24.0 Å². The fourth-order valence-electron chi connectivity index (χ4n) is 2.58. The van der Waals surface area contributed by atoms with Gasteiger partial charge in [0.2, 0.25) is 5.16 Å². The average molecular weight is 361 g/mol. The first-order valence-corrected chi connectivity index (χ1v) is 8.65. The lowest BCUT2D eigenvalue weighted by Crippen LogP contribution is -2.08. The predicted molar refractivity (Wildman–Crippen MR) is 96.2 cm³/mol. The largest absolute Gasteiger partial charge is 0.493 e. The SMILES string of the molecule is COCc1nc2nc(SC)nn2c(N)c1-c1ccc(OC)c(OC)c1. The van der Waals surface area contributed by atoms with E-state index in [0.717, 1.165) is 11.1 Å². The van der Waals surface area contributed by atoms with Gasteiger partial charge in [-0.3, -0.25) is 0 Å². The Morgan fingerprint density at radius 3 is 2.52 bits per heavy atom. The minimum Gasteiger partial charge on any atom is -0.493 e. The van der Waals surface area contributed by atoms with Gasteiger partial charge in [0.05, 0.1) is 26.5 Å². The molecule has 0 radical (unpaired) electrons. The second-order valence-corrected chi connectivity index (χ2v) is 5.91. The summed E-state index contributed by atoms with van der Waals surface area (Å²) in [6.07, 6.45) is 1.90. The van der Waals surface area contributed by atoms with E-state index < -0.39 is 0 Å². The van der Waals surface area contributed by atoms with E-state index in [1.165, 1.54) is 16.3 Å². The second-order valence-electron chi connectivity index (χ2n) is 5.13. The minimum atomic E-state index is 0.297. The molecule has 0 aliphatic heterocycles. The molecule has 0 saturated heterocycles. The Morgan fingerprint density at radius 2 is 1.88 bits per heavy atom. The lowest BCUT2D eigenvalue weighted by atomic mass is 10.0. The number of ether oxygens (including phenoxy) is 3. The average Bonchev–Trinajstić information content (AvgIpc) is 3.05. The van der Waals surface area contributed by atoms with Crippen molar-refractivity contribution in [2.45, 2.75) is 11.8 Å². The van der Waals surface area contributed by atoms with Crippen LogP contribution < -0.4 is 15.2 Å². The van der Waals surface area contributed by atoms with Crippen LogP contribution in [-0.4, -0.2) is 47.2 Å². The molecule has 0 aliphatic carbocycles. The zero-order valence-electron chi connectivity index (χ0n) is 14.4. The number of anilines is 1. The number of benzene rings is 1. The summed E-state index contributed by atoms with van der Waals surface area (Å²) in [6, 6.07) is 5.57. The highest BCUT2D eigenvalue weighted by molar-refractivity contribution is 7.98. The van der Waals surface area contributed by atoms with Crippen molar-refractivity contribution in [3.8, 4) is 22.6 Å². The number of nitrogen functional groups attached to an aromatic ring is 1. The van der Waals surface area contributed by atoms with Crippen molar-refractivity contribution in [1.29, 1.82) is 0 Å². The maximum atomic E-state index is 6.40. The molecule has 3 rings (SSSR count). The molecule has 8 nitrogen and oxygen atoms in total. The minimum absolute atomic E-state index is 0.297. The number of fused-ring (bicyclic) bond motifs is 1. The van der Waals surface area contributed by atoms with Gasteiger partial charge in [0.25, 0.3) is 5.78 Å². The highest BCUT2D eigenvalue weighted by atomic mass is 32.2. The monoisotopic (exact) mass is 361 g/mol. The van der Waals surface area contributed by atoms with Crippen molar-refractivity contribution in [3.05, 3.63) is 23.9 Å². The van der Waals surface area contributed by atoms with E-state index in [4.69, 9.17) is 19.9 Å².